The summed E-state index contributed by atoms with van der Waals surface area (Å²) in [6.07, 6.45) is 0. The molecule has 1 heterocycles. The SMILES string of the molecule is O=S1(=O)CCSC1=C(c1ccccc1)c1ccccc1. The van der Waals surface area contributed by atoms with Crippen molar-refractivity contribution in [2.45, 2.75) is 0 Å². The van der Waals surface area contributed by atoms with Crippen molar-refractivity contribution >= 4 is 27.2 Å². The van der Waals surface area contributed by atoms with Crippen molar-refractivity contribution in [3.05, 3.63) is 76.0 Å². The van der Waals surface area contributed by atoms with Crippen LogP contribution in [-0.4, -0.2) is 19.9 Å². The Kier molecular flexibility index (Phi) is 3.68. The Hall–Kier alpha value is -1.52. The van der Waals surface area contributed by atoms with E-state index < -0.39 is 9.84 Å². The van der Waals surface area contributed by atoms with E-state index in [1.54, 1.807) is 0 Å². The maximum Gasteiger partial charge on any atom is 0.185 e. The van der Waals surface area contributed by atoms with Crippen LogP contribution in [0.4, 0.5) is 0 Å². The molecule has 1 aliphatic heterocycles. The smallest absolute Gasteiger partial charge is 0.185 e. The van der Waals surface area contributed by atoms with Crippen LogP contribution in [0.5, 0.6) is 0 Å². The lowest BCUT2D eigenvalue weighted by Crippen LogP contribution is -2.03. The summed E-state index contributed by atoms with van der Waals surface area (Å²) in [5.41, 5.74) is 2.73. The Morgan fingerprint density at radius 2 is 1.35 bits per heavy atom. The summed E-state index contributed by atoms with van der Waals surface area (Å²) < 4.78 is 25.1. The van der Waals surface area contributed by atoms with Gasteiger partial charge < -0.3 is 0 Å². The fourth-order valence-electron chi connectivity index (χ4n) is 2.27. The van der Waals surface area contributed by atoms with E-state index in [0.717, 1.165) is 16.7 Å². The van der Waals surface area contributed by atoms with Crippen molar-refractivity contribution in [1.82, 2.24) is 0 Å². The first kappa shape index (κ1) is 13.5. The quantitative estimate of drug-likeness (QED) is 0.850. The van der Waals surface area contributed by atoms with Crippen LogP contribution < -0.4 is 0 Å². The first-order valence-corrected chi connectivity index (χ1v) is 9.03. The summed E-state index contributed by atoms with van der Waals surface area (Å²) in [6.45, 7) is 0. The topological polar surface area (TPSA) is 34.1 Å². The van der Waals surface area contributed by atoms with E-state index >= 15 is 0 Å². The molecule has 0 amide bonds. The summed E-state index contributed by atoms with van der Waals surface area (Å²) in [6, 6.07) is 19.5. The van der Waals surface area contributed by atoms with Crippen LogP contribution in [0.15, 0.2) is 64.9 Å². The molecule has 0 saturated carbocycles. The van der Waals surface area contributed by atoms with Gasteiger partial charge in [-0.1, -0.05) is 60.7 Å². The molecule has 2 aromatic carbocycles. The van der Waals surface area contributed by atoms with Gasteiger partial charge in [-0.25, -0.2) is 8.42 Å². The lowest BCUT2D eigenvalue weighted by Gasteiger charge is -2.11. The molecule has 4 heteroatoms. The van der Waals surface area contributed by atoms with Crippen LogP contribution in [0, 0.1) is 0 Å². The fraction of sp³-hybridized carbons (Fsp3) is 0.125. The Labute approximate surface area is 123 Å². The predicted molar refractivity (Wildman–Crippen MR) is 85.2 cm³/mol. The van der Waals surface area contributed by atoms with Gasteiger partial charge in [-0.15, -0.1) is 11.8 Å². The Bertz CT molecular complexity index is 691. The van der Waals surface area contributed by atoms with Gasteiger partial charge in [-0.05, 0) is 11.1 Å². The maximum absolute atomic E-state index is 12.3. The molecule has 2 aromatic rings. The Morgan fingerprint density at radius 1 is 0.850 bits per heavy atom. The van der Waals surface area contributed by atoms with E-state index in [1.165, 1.54) is 11.8 Å². The average molecular weight is 302 g/mol. The molecule has 1 aliphatic rings. The molecule has 1 fully saturated rings. The molecule has 0 aromatic heterocycles. The second-order valence-electron chi connectivity index (χ2n) is 4.56. The van der Waals surface area contributed by atoms with Crippen LogP contribution in [0.25, 0.3) is 5.57 Å². The third kappa shape index (κ3) is 2.53. The van der Waals surface area contributed by atoms with E-state index in [2.05, 4.69) is 0 Å². The minimum atomic E-state index is -3.14. The first-order valence-electron chi connectivity index (χ1n) is 6.39. The van der Waals surface area contributed by atoms with Crippen molar-refractivity contribution in [1.29, 1.82) is 0 Å². The average Bonchev–Trinajstić information content (AvgIpc) is 2.81. The van der Waals surface area contributed by atoms with Gasteiger partial charge in [0.25, 0.3) is 0 Å². The van der Waals surface area contributed by atoms with E-state index in [-0.39, 0.29) is 5.75 Å². The molecular weight excluding hydrogens is 288 g/mol. The van der Waals surface area contributed by atoms with Crippen LogP contribution >= 0.6 is 11.8 Å². The molecule has 0 spiro atoms. The molecule has 0 unspecified atom stereocenters. The highest BCUT2D eigenvalue weighted by Crippen LogP contribution is 2.40. The van der Waals surface area contributed by atoms with Gasteiger partial charge in [0.1, 0.15) is 4.24 Å². The van der Waals surface area contributed by atoms with Gasteiger partial charge in [0, 0.05) is 11.3 Å². The van der Waals surface area contributed by atoms with E-state index in [0.29, 0.717) is 9.99 Å². The number of thioether (sulfide) groups is 1. The molecule has 0 aliphatic carbocycles. The van der Waals surface area contributed by atoms with E-state index in [1.807, 2.05) is 60.7 Å². The number of benzene rings is 2. The van der Waals surface area contributed by atoms with Crippen LogP contribution in [0.1, 0.15) is 11.1 Å². The summed E-state index contributed by atoms with van der Waals surface area (Å²) in [4.78, 5) is 0. The zero-order chi connectivity index (χ0) is 14.0. The standard InChI is InChI=1S/C16H14O2S2/c17-20(18)12-11-19-16(20)15(13-7-3-1-4-8-13)14-9-5-2-6-10-14/h1-10H,11-12H2. The molecule has 0 N–H and O–H groups in total. The minimum Gasteiger partial charge on any atom is -0.223 e. The summed E-state index contributed by atoms with van der Waals surface area (Å²) in [5, 5.41) is 0. The van der Waals surface area contributed by atoms with Crippen LogP contribution in [-0.2, 0) is 9.84 Å². The van der Waals surface area contributed by atoms with Gasteiger partial charge in [-0.2, -0.15) is 0 Å². The van der Waals surface area contributed by atoms with Crippen molar-refractivity contribution < 1.29 is 8.42 Å². The minimum absolute atomic E-state index is 0.232. The highest BCUT2D eigenvalue weighted by molar-refractivity contribution is 8.21. The summed E-state index contributed by atoms with van der Waals surface area (Å²) in [5.74, 6) is 0.872. The summed E-state index contributed by atoms with van der Waals surface area (Å²) in [7, 11) is -3.14. The van der Waals surface area contributed by atoms with Crippen LogP contribution in [0.3, 0.4) is 0 Å². The number of hydrogen-bond donors (Lipinski definition) is 0. The second-order valence-corrected chi connectivity index (χ2v) is 7.97. The lowest BCUT2D eigenvalue weighted by atomic mass is 10.00. The number of rotatable bonds is 2. The predicted octanol–water partition coefficient (Wildman–Crippen LogP) is 3.57. The highest BCUT2D eigenvalue weighted by Gasteiger charge is 2.30. The molecule has 0 radical (unpaired) electrons. The van der Waals surface area contributed by atoms with Gasteiger partial charge in [0.15, 0.2) is 9.84 Å². The van der Waals surface area contributed by atoms with Crippen molar-refractivity contribution in [3.63, 3.8) is 0 Å². The molecule has 0 atom stereocenters. The molecular formula is C16H14O2S2. The number of hydrogen-bond acceptors (Lipinski definition) is 3. The molecule has 20 heavy (non-hydrogen) atoms. The lowest BCUT2D eigenvalue weighted by molar-refractivity contribution is 0.606. The van der Waals surface area contributed by atoms with Crippen LogP contribution in [0.2, 0.25) is 0 Å². The second kappa shape index (κ2) is 5.46. The van der Waals surface area contributed by atoms with E-state index in [9.17, 15) is 8.42 Å². The number of sulfone groups is 1. The van der Waals surface area contributed by atoms with Crippen molar-refractivity contribution in [3.8, 4) is 0 Å². The molecule has 0 bridgehead atoms. The van der Waals surface area contributed by atoms with Gasteiger partial charge in [-0.3, -0.25) is 0 Å². The van der Waals surface area contributed by atoms with Gasteiger partial charge in [0.05, 0.1) is 5.75 Å². The van der Waals surface area contributed by atoms with Crippen molar-refractivity contribution in [2.24, 2.45) is 0 Å². The highest BCUT2D eigenvalue weighted by atomic mass is 32.3. The van der Waals surface area contributed by atoms with E-state index in [4.69, 9.17) is 0 Å². The molecule has 102 valence electrons. The maximum atomic E-state index is 12.3. The van der Waals surface area contributed by atoms with Crippen molar-refractivity contribution in [2.75, 3.05) is 11.5 Å². The first-order chi connectivity index (χ1) is 9.68. The summed E-state index contributed by atoms with van der Waals surface area (Å²) >= 11 is 1.44. The Morgan fingerprint density at radius 3 is 1.75 bits per heavy atom. The normalized spacial score (nSPS) is 17.1. The molecule has 3 rings (SSSR count). The van der Waals surface area contributed by atoms with Gasteiger partial charge >= 0.3 is 0 Å². The zero-order valence-electron chi connectivity index (χ0n) is 10.8. The largest absolute Gasteiger partial charge is 0.223 e. The zero-order valence-corrected chi connectivity index (χ0v) is 12.5. The molecule has 1 saturated heterocycles. The monoisotopic (exact) mass is 302 g/mol. The third-order valence-electron chi connectivity index (χ3n) is 3.20. The third-order valence-corrected chi connectivity index (χ3v) is 6.96. The fourth-order valence-corrected chi connectivity index (χ4v) is 5.99. The van der Waals surface area contributed by atoms with Gasteiger partial charge in [0.2, 0.25) is 0 Å². The molecule has 2 nitrogen and oxygen atoms in total. The Balaban J connectivity index is 2.28.